The van der Waals surface area contributed by atoms with Crippen LogP contribution in [0.1, 0.15) is 49.3 Å². The van der Waals surface area contributed by atoms with Gasteiger partial charge in [0.15, 0.2) is 0 Å². The van der Waals surface area contributed by atoms with Gasteiger partial charge in [0.2, 0.25) is 0 Å². The predicted molar refractivity (Wildman–Crippen MR) is 67.4 cm³/mol. The van der Waals surface area contributed by atoms with E-state index in [-0.39, 0.29) is 0 Å². The van der Waals surface area contributed by atoms with Gasteiger partial charge in [-0.25, -0.2) is 0 Å². The SMILES string of the molecule is Cc1ccc(C)c(C2(O)CCCC(C)C2)c1. The maximum absolute atomic E-state index is 10.8. The van der Waals surface area contributed by atoms with E-state index in [0.29, 0.717) is 5.92 Å². The van der Waals surface area contributed by atoms with Gasteiger partial charge < -0.3 is 5.11 Å². The molecule has 1 heteroatoms. The summed E-state index contributed by atoms with van der Waals surface area (Å²) in [6.07, 6.45) is 4.23. The molecule has 0 saturated heterocycles. The zero-order valence-corrected chi connectivity index (χ0v) is 10.6. The van der Waals surface area contributed by atoms with Gasteiger partial charge in [0, 0.05) is 0 Å². The van der Waals surface area contributed by atoms with E-state index in [9.17, 15) is 5.11 Å². The third-order valence-electron chi connectivity index (χ3n) is 3.87. The molecule has 1 saturated carbocycles. The van der Waals surface area contributed by atoms with Crippen LogP contribution in [0, 0.1) is 19.8 Å². The second kappa shape index (κ2) is 4.21. The molecule has 88 valence electrons. The lowest BCUT2D eigenvalue weighted by molar-refractivity contribution is -0.0184. The van der Waals surface area contributed by atoms with E-state index in [1.54, 1.807) is 0 Å². The summed E-state index contributed by atoms with van der Waals surface area (Å²) in [5, 5.41) is 10.8. The van der Waals surface area contributed by atoms with Crippen LogP contribution in [0.2, 0.25) is 0 Å². The van der Waals surface area contributed by atoms with Gasteiger partial charge in [0.05, 0.1) is 5.60 Å². The molecule has 1 aliphatic carbocycles. The zero-order chi connectivity index (χ0) is 11.8. The van der Waals surface area contributed by atoms with Crippen LogP contribution in [0.3, 0.4) is 0 Å². The minimum atomic E-state index is -0.576. The maximum Gasteiger partial charge on any atom is 0.0901 e. The van der Waals surface area contributed by atoms with Crippen LogP contribution in [-0.2, 0) is 5.60 Å². The molecule has 16 heavy (non-hydrogen) atoms. The topological polar surface area (TPSA) is 20.2 Å². The largest absolute Gasteiger partial charge is 0.385 e. The normalized spacial score (nSPS) is 30.4. The second-order valence-corrected chi connectivity index (χ2v) is 5.55. The summed E-state index contributed by atoms with van der Waals surface area (Å²) < 4.78 is 0. The number of aryl methyl sites for hydroxylation is 2. The van der Waals surface area contributed by atoms with E-state index in [4.69, 9.17) is 0 Å². The van der Waals surface area contributed by atoms with Crippen LogP contribution in [0.25, 0.3) is 0 Å². The van der Waals surface area contributed by atoms with Crippen LogP contribution in [0.15, 0.2) is 18.2 Å². The molecule has 1 nitrogen and oxygen atoms in total. The molecule has 0 amide bonds. The molecule has 1 aromatic rings. The molecule has 0 spiro atoms. The standard InChI is InChI=1S/C15H22O/c1-11-6-7-13(3)14(9-11)15(16)8-4-5-12(2)10-15/h6-7,9,12,16H,4-5,8,10H2,1-3H3. The first kappa shape index (κ1) is 11.7. The van der Waals surface area contributed by atoms with Crippen molar-refractivity contribution in [3.05, 3.63) is 34.9 Å². The fourth-order valence-electron chi connectivity index (χ4n) is 3.01. The highest BCUT2D eigenvalue weighted by molar-refractivity contribution is 5.35. The van der Waals surface area contributed by atoms with Crippen molar-refractivity contribution >= 4 is 0 Å². The molecule has 1 aliphatic rings. The molecule has 2 rings (SSSR count). The van der Waals surface area contributed by atoms with E-state index >= 15 is 0 Å². The lowest BCUT2D eigenvalue weighted by Gasteiger charge is -2.37. The minimum Gasteiger partial charge on any atom is -0.385 e. The average molecular weight is 218 g/mol. The van der Waals surface area contributed by atoms with Gasteiger partial charge in [0.25, 0.3) is 0 Å². The summed E-state index contributed by atoms with van der Waals surface area (Å²) in [6, 6.07) is 6.41. The first-order valence-electron chi connectivity index (χ1n) is 6.31. The van der Waals surface area contributed by atoms with Crippen molar-refractivity contribution in [2.24, 2.45) is 5.92 Å². The van der Waals surface area contributed by atoms with Crippen molar-refractivity contribution in [2.45, 2.75) is 52.1 Å². The van der Waals surface area contributed by atoms with Gasteiger partial charge in [-0.1, -0.05) is 37.1 Å². The maximum atomic E-state index is 10.8. The smallest absolute Gasteiger partial charge is 0.0901 e. The molecular formula is C15H22O. The molecule has 0 heterocycles. The molecule has 1 fully saturated rings. The first-order valence-corrected chi connectivity index (χ1v) is 6.31. The van der Waals surface area contributed by atoms with Gasteiger partial charge >= 0.3 is 0 Å². The molecule has 0 aliphatic heterocycles. The molecular weight excluding hydrogens is 196 g/mol. The number of benzene rings is 1. The monoisotopic (exact) mass is 218 g/mol. The Balaban J connectivity index is 2.37. The van der Waals surface area contributed by atoms with Crippen molar-refractivity contribution in [3.8, 4) is 0 Å². The Kier molecular flexibility index (Phi) is 3.07. The van der Waals surface area contributed by atoms with Crippen LogP contribution in [0.5, 0.6) is 0 Å². The van der Waals surface area contributed by atoms with E-state index < -0.39 is 5.60 Å². The molecule has 1 N–H and O–H groups in total. The van der Waals surface area contributed by atoms with Gasteiger partial charge in [0.1, 0.15) is 0 Å². The van der Waals surface area contributed by atoms with Crippen LogP contribution in [-0.4, -0.2) is 5.11 Å². The summed E-state index contributed by atoms with van der Waals surface area (Å²) in [5.41, 5.74) is 3.04. The third-order valence-corrected chi connectivity index (χ3v) is 3.87. The summed E-state index contributed by atoms with van der Waals surface area (Å²) in [4.78, 5) is 0. The van der Waals surface area contributed by atoms with E-state index in [1.165, 1.54) is 17.5 Å². The Hall–Kier alpha value is -0.820. The van der Waals surface area contributed by atoms with E-state index in [0.717, 1.165) is 24.8 Å². The minimum absolute atomic E-state index is 0.576. The Morgan fingerprint density at radius 3 is 2.75 bits per heavy atom. The van der Waals surface area contributed by atoms with Crippen LogP contribution < -0.4 is 0 Å². The van der Waals surface area contributed by atoms with Gasteiger partial charge in [-0.05, 0) is 50.2 Å². The Bertz CT molecular complexity index is 383. The van der Waals surface area contributed by atoms with Gasteiger partial charge in [-0.3, -0.25) is 0 Å². The number of hydrogen-bond donors (Lipinski definition) is 1. The quantitative estimate of drug-likeness (QED) is 0.762. The first-order chi connectivity index (χ1) is 7.51. The van der Waals surface area contributed by atoms with Crippen molar-refractivity contribution in [3.63, 3.8) is 0 Å². The molecule has 0 radical (unpaired) electrons. The molecule has 2 atom stereocenters. The average Bonchev–Trinajstić information content (AvgIpc) is 2.21. The zero-order valence-electron chi connectivity index (χ0n) is 10.6. The summed E-state index contributed by atoms with van der Waals surface area (Å²) in [6.45, 7) is 6.44. The van der Waals surface area contributed by atoms with Crippen molar-refractivity contribution in [1.82, 2.24) is 0 Å². The molecule has 0 bridgehead atoms. The summed E-state index contributed by atoms with van der Waals surface area (Å²) in [5.74, 6) is 0.638. The number of rotatable bonds is 1. The summed E-state index contributed by atoms with van der Waals surface area (Å²) in [7, 11) is 0. The van der Waals surface area contributed by atoms with Crippen molar-refractivity contribution in [2.75, 3.05) is 0 Å². The fourth-order valence-corrected chi connectivity index (χ4v) is 3.01. The second-order valence-electron chi connectivity index (χ2n) is 5.55. The van der Waals surface area contributed by atoms with Crippen molar-refractivity contribution in [1.29, 1.82) is 0 Å². The predicted octanol–water partition coefficient (Wildman–Crippen LogP) is 3.70. The molecule has 2 unspecified atom stereocenters. The molecule has 0 aromatic heterocycles. The Morgan fingerprint density at radius 2 is 2.06 bits per heavy atom. The van der Waals surface area contributed by atoms with Gasteiger partial charge in [-0.15, -0.1) is 0 Å². The van der Waals surface area contributed by atoms with Crippen LogP contribution in [0.4, 0.5) is 0 Å². The third kappa shape index (κ3) is 2.15. The highest BCUT2D eigenvalue weighted by atomic mass is 16.3. The lowest BCUT2D eigenvalue weighted by atomic mass is 9.73. The van der Waals surface area contributed by atoms with Crippen LogP contribution >= 0.6 is 0 Å². The van der Waals surface area contributed by atoms with Crippen molar-refractivity contribution < 1.29 is 5.11 Å². The number of aliphatic hydroxyl groups is 1. The lowest BCUT2D eigenvalue weighted by Crippen LogP contribution is -2.32. The van der Waals surface area contributed by atoms with Gasteiger partial charge in [-0.2, -0.15) is 0 Å². The highest BCUT2D eigenvalue weighted by Crippen LogP contribution is 2.41. The number of hydrogen-bond acceptors (Lipinski definition) is 1. The highest BCUT2D eigenvalue weighted by Gasteiger charge is 2.35. The van der Waals surface area contributed by atoms with E-state index in [2.05, 4.69) is 39.0 Å². The molecule has 1 aromatic carbocycles. The summed E-state index contributed by atoms with van der Waals surface area (Å²) >= 11 is 0. The van der Waals surface area contributed by atoms with E-state index in [1.807, 2.05) is 0 Å². The Labute approximate surface area is 98.5 Å². The fraction of sp³-hybridized carbons (Fsp3) is 0.600. The Morgan fingerprint density at radius 1 is 1.31 bits per heavy atom.